The Morgan fingerprint density at radius 3 is 2.57 bits per heavy atom. The van der Waals surface area contributed by atoms with Gasteiger partial charge in [-0.3, -0.25) is 9.59 Å². The van der Waals surface area contributed by atoms with Gasteiger partial charge in [-0.1, -0.05) is 18.2 Å². The lowest BCUT2D eigenvalue weighted by Gasteiger charge is -2.04. The van der Waals surface area contributed by atoms with E-state index in [9.17, 15) is 9.59 Å². The normalized spacial score (nSPS) is 9.57. The van der Waals surface area contributed by atoms with Crippen molar-refractivity contribution in [2.75, 3.05) is 6.54 Å². The Morgan fingerprint density at radius 1 is 1.36 bits per heavy atom. The molecule has 0 spiro atoms. The van der Waals surface area contributed by atoms with Crippen molar-refractivity contribution in [3.05, 3.63) is 35.4 Å². The van der Waals surface area contributed by atoms with Gasteiger partial charge in [0.05, 0.1) is 6.54 Å². The minimum atomic E-state index is -0.355. The summed E-state index contributed by atoms with van der Waals surface area (Å²) < 4.78 is 0. The van der Waals surface area contributed by atoms with Gasteiger partial charge in [0.25, 0.3) is 5.91 Å². The van der Waals surface area contributed by atoms with Crippen LogP contribution in [0, 0.1) is 6.92 Å². The molecule has 3 nitrogen and oxygen atoms in total. The standard InChI is InChI=1S/C10H11NO2S/c1-7-4-2-3-5-8(7)10(13)11-6-9(12)14/h2-5H,6H2,1H3,(H,11,13)(H,12,14). The van der Waals surface area contributed by atoms with Crippen LogP contribution in [0.4, 0.5) is 0 Å². The molecule has 0 radical (unpaired) electrons. The summed E-state index contributed by atoms with van der Waals surface area (Å²) in [5, 5.41) is 2.12. The van der Waals surface area contributed by atoms with Crippen LogP contribution in [0.5, 0.6) is 0 Å². The highest BCUT2D eigenvalue weighted by molar-refractivity contribution is 7.96. The third-order valence-electron chi connectivity index (χ3n) is 1.79. The number of carbonyl (C=O) groups is 2. The third-order valence-corrected chi connectivity index (χ3v) is 1.95. The highest BCUT2D eigenvalue weighted by Gasteiger charge is 2.07. The van der Waals surface area contributed by atoms with Gasteiger partial charge in [-0.2, -0.15) is 0 Å². The van der Waals surface area contributed by atoms with Crippen LogP contribution in [0.25, 0.3) is 0 Å². The molecule has 0 bridgehead atoms. The topological polar surface area (TPSA) is 46.2 Å². The van der Waals surface area contributed by atoms with Crippen molar-refractivity contribution in [2.45, 2.75) is 6.92 Å². The number of amides is 1. The fourth-order valence-electron chi connectivity index (χ4n) is 1.08. The summed E-state index contributed by atoms with van der Waals surface area (Å²) in [4.78, 5) is 22.0. The Bertz CT molecular complexity index is 363. The van der Waals surface area contributed by atoms with Gasteiger partial charge in [-0.15, -0.1) is 12.6 Å². The molecule has 4 heteroatoms. The summed E-state index contributed by atoms with van der Waals surface area (Å²) in [6.07, 6.45) is 0. The summed E-state index contributed by atoms with van der Waals surface area (Å²) in [5.41, 5.74) is 1.47. The maximum absolute atomic E-state index is 11.5. The van der Waals surface area contributed by atoms with Crippen LogP contribution in [-0.4, -0.2) is 17.6 Å². The number of nitrogens with one attached hydrogen (secondary N) is 1. The minimum Gasteiger partial charge on any atom is -0.344 e. The maximum Gasteiger partial charge on any atom is 0.251 e. The predicted molar refractivity (Wildman–Crippen MR) is 57.5 cm³/mol. The van der Waals surface area contributed by atoms with Gasteiger partial charge >= 0.3 is 0 Å². The highest BCUT2D eigenvalue weighted by Crippen LogP contribution is 2.05. The van der Waals surface area contributed by atoms with E-state index < -0.39 is 0 Å². The monoisotopic (exact) mass is 209 g/mol. The molecular weight excluding hydrogens is 198 g/mol. The molecule has 0 atom stereocenters. The number of benzene rings is 1. The molecule has 1 N–H and O–H groups in total. The number of carbonyl (C=O) groups excluding carboxylic acids is 2. The zero-order chi connectivity index (χ0) is 10.6. The Labute approximate surface area is 87.9 Å². The summed E-state index contributed by atoms with van der Waals surface area (Å²) in [6, 6.07) is 7.20. The lowest BCUT2D eigenvalue weighted by molar-refractivity contribution is -0.110. The van der Waals surface area contributed by atoms with E-state index in [1.165, 1.54) is 0 Å². The molecule has 0 saturated carbocycles. The van der Waals surface area contributed by atoms with E-state index in [4.69, 9.17) is 0 Å². The van der Waals surface area contributed by atoms with Crippen molar-refractivity contribution < 1.29 is 9.59 Å². The van der Waals surface area contributed by atoms with E-state index in [2.05, 4.69) is 17.9 Å². The van der Waals surface area contributed by atoms with E-state index in [0.717, 1.165) is 5.56 Å². The molecule has 0 unspecified atom stereocenters. The van der Waals surface area contributed by atoms with Gasteiger partial charge in [0.2, 0.25) is 5.12 Å². The van der Waals surface area contributed by atoms with E-state index in [-0.39, 0.29) is 17.6 Å². The van der Waals surface area contributed by atoms with Gasteiger partial charge in [0.15, 0.2) is 0 Å². The smallest absolute Gasteiger partial charge is 0.251 e. The highest BCUT2D eigenvalue weighted by atomic mass is 32.1. The van der Waals surface area contributed by atoms with Gasteiger partial charge in [-0.25, -0.2) is 0 Å². The van der Waals surface area contributed by atoms with Crippen molar-refractivity contribution in [3.8, 4) is 0 Å². The molecule has 0 saturated heterocycles. The second kappa shape index (κ2) is 4.81. The molecule has 1 rings (SSSR count). The lowest BCUT2D eigenvalue weighted by atomic mass is 10.1. The molecule has 0 aromatic heterocycles. The summed E-state index contributed by atoms with van der Waals surface area (Å²) in [5.74, 6) is -0.245. The zero-order valence-corrected chi connectivity index (χ0v) is 8.67. The third kappa shape index (κ3) is 2.88. The lowest BCUT2D eigenvalue weighted by Crippen LogP contribution is -2.28. The number of hydrogen-bond donors (Lipinski definition) is 2. The fraction of sp³-hybridized carbons (Fsp3) is 0.200. The van der Waals surface area contributed by atoms with Crippen molar-refractivity contribution in [1.29, 1.82) is 0 Å². The van der Waals surface area contributed by atoms with Crippen LogP contribution in [-0.2, 0) is 4.79 Å². The molecule has 0 aliphatic carbocycles. The zero-order valence-electron chi connectivity index (χ0n) is 7.78. The van der Waals surface area contributed by atoms with Crippen LogP contribution < -0.4 is 5.32 Å². The molecule has 1 aromatic rings. The van der Waals surface area contributed by atoms with Gasteiger partial charge in [-0.05, 0) is 18.6 Å². The fourth-order valence-corrected chi connectivity index (χ4v) is 1.16. The van der Waals surface area contributed by atoms with Crippen molar-refractivity contribution >= 4 is 23.7 Å². The predicted octanol–water partition coefficient (Wildman–Crippen LogP) is 1.18. The first-order chi connectivity index (χ1) is 6.61. The molecule has 1 amide bonds. The average Bonchev–Trinajstić information content (AvgIpc) is 2.15. The van der Waals surface area contributed by atoms with Crippen LogP contribution in [0.2, 0.25) is 0 Å². The molecule has 0 heterocycles. The Morgan fingerprint density at radius 2 is 2.00 bits per heavy atom. The molecule has 74 valence electrons. The van der Waals surface area contributed by atoms with E-state index in [1.54, 1.807) is 12.1 Å². The summed E-state index contributed by atoms with van der Waals surface area (Å²) in [6.45, 7) is 1.80. The summed E-state index contributed by atoms with van der Waals surface area (Å²) in [7, 11) is 0. The summed E-state index contributed by atoms with van der Waals surface area (Å²) >= 11 is 3.56. The number of rotatable bonds is 3. The van der Waals surface area contributed by atoms with E-state index >= 15 is 0 Å². The van der Waals surface area contributed by atoms with Crippen molar-refractivity contribution in [1.82, 2.24) is 5.32 Å². The van der Waals surface area contributed by atoms with Crippen LogP contribution >= 0.6 is 12.6 Å². The van der Waals surface area contributed by atoms with Crippen molar-refractivity contribution in [3.63, 3.8) is 0 Å². The minimum absolute atomic E-state index is 0.0454. The van der Waals surface area contributed by atoms with Crippen LogP contribution in [0.15, 0.2) is 24.3 Å². The second-order valence-corrected chi connectivity index (χ2v) is 3.39. The Kier molecular flexibility index (Phi) is 3.71. The average molecular weight is 209 g/mol. The van der Waals surface area contributed by atoms with E-state index in [1.807, 2.05) is 19.1 Å². The Balaban J connectivity index is 2.70. The quantitative estimate of drug-likeness (QED) is 0.734. The van der Waals surface area contributed by atoms with Gasteiger partial charge < -0.3 is 5.32 Å². The number of aryl methyl sites for hydroxylation is 1. The van der Waals surface area contributed by atoms with Gasteiger partial charge in [0.1, 0.15) is 0 Å². The van der Waals surface area contributed by atoms with Crippen LogP contribution in [0.3, 0.4) is 0 Å². The number of thiol groups is 1. The van der Waals surface area contributed by atoms with E-state index in [0.29, 0.717) is 5.56 Å². The van der Waals surface area contributed by atoms with Gasteiger partial charge in [0, 0.05) is 5.56 Å². The molecule has 1 aromatic carbocycles. The van der Waals surface area contributed by atoms with Crippen molar-refractivity contribution in [2.24, 2.45) is 0 Å². The molecule has 0 fully saturated rings. The largest absolute Gasteiger partial charge is 0.344 e. The van der Waals surface area contributed by atoms with Crippen LogP contribution in [0.1, 0.15) is 15.9 Å². The SMILES string of the molecule is Cc1ccccc1C(=O)NCC(=O)S. The first-order valence-corrected chi connectivity index (χ1v) is 4.61. The second-order valence-electron chi connectivity index (χ2n) is 2.89. The molecule has 14 heavy (non-hydrogen) atoms. The first kappa shape index (κ1) is 10.8. The molecular formula is C10H11NO2S. The molecule has 0 aliphatic rings. The maximum atomic E-state index is 11.5. The first-order valence-electron chi connectivity index (χ1n) is 4.17. The Hall–Kier alpha value is -1.29. The number of hydrogen-bond acceptors (Lipinski definition) is 2. The molecule has 0 aliphatic heterocycles.